The van der Waals surface area contributed by atoms with E-state index >= 15 is 0 Å². The van der Waals surface area contributed by atoms with E-state index in [1.54, 1.807) is 0 Å². The van der Waals surface area contributed by atoms with Gasteiger partial charge in [-0.1, -0.05) is 30.3 Å². The summed E-state index contributed by atoms with van der Waals surface area (Å²) < 4.78 is 4.78. The van der Waals surface area contributed by atoms with Gasteiger partial charge in [0.1, 0.15) is 6.04 Å². The summed E-state index contributed by atoms with van der Waals surface area (Å²) in [5.74, 6) is -0.421. The van der Waals surface area contributed by atoms with Crippen LogP contribution >= 0.6 is 0 Å². The van der Waals surface area contributed by atoms with Crippen molar-refractivity contribution >= 4 is 11.9 Å². The summed E-state index contributed by atoms with van der Waals surface area (Å²) in [6.07, 6.45) is 1.66. The molecule has 1 aliphatic rings. The third kappa shape index (κ3) is 3.31. The zero-order chi connectivity index (χ0) is 12.1. The van der Waals surface area contributed by atoms with Crippen molar-refractivity contribution in [1.82, 2.24) is 5.32 Å². The minimum absolute atomic E-state index is 0.0993. The van der Waals surface area contributed by atoms with Crippen molar-refractivity contribution in [2.45, 2.75) is 25.3 Å². The number of hydrogen-bond acceptors (Lipinski definition) is 3. The first-order valence-corrected chi connectivity index (χ1v) is 5.75. The van der Waals surface area contributed by atoms with Crippen LogP contribution in [0.1, 0.15) is 18.4 Å². The topological polar surface area (TPSA) is 55.4 Å². The van der Waals surface area contributed by atoms with Crippen LogP contribution in [-0.2, 0) is 20.7 Å². The monoisotopic (exact) mass is 233 g/mol. The molecule has 90 valence electrons. The number of esters is 1. The summed E-state index contributed by atoms with van der Waals surface area (Å²) in [4.78, 5) is 22.7. The minimum Gasteiger partial charge on any atom is -0.464 e. The molecule has 0 bridgehead atoms. The normalized spacial score (nSPS) is 18.8. The fourth-order valence-electron chi connectivity index (χ4n) is 1.80. The summed E-state index contributed by atoms with van der Waals surface area (Å²) in [7, 11) is 0. The number of ether oxygens (including phenoxy) is 1. The molecule has 2 rings (SSSR count). The highest BCUT2D eigenvalue weighted by Crippen LogP contribution is 2.07. The summed E-state index contributed by atoms with van der Waals surface area (Å²) in [6.45, 7) is 0.405. The van der Waals surface area contributed by atoms with Gasteiger partial charge >= 0.3 is 5.97 Å². The molecule has 1 heterocycles. The Morgan fingerprint density at radius 3 is 2.76 bits per heavy atom. The van der Waals surface area contributed by atoms with Gasteiger partial charge in [0.15, 0.2) is 0 Å². The molecule has 17 heavy (non-hydrogen) atoms. The van der Waals surface area contributed by atoms with Gasteiger partial charge in [0.2, 0.25) is 5.91 Å². The number of benzene rings is 1. The molecule has 0 aliphatic carbocycles. The van der Waals surface area contributed by atoms with Crippen molar-refractivity contribution in [3.05, 3.63) is 35.9 Å². The molecule has 1 fully saturated rings. The van der Waals surface area contributed by atoms with Crippen molar-refractivity contribution in [2.24, 2.45) is 0 Å². The maximum Gasteiger partial charge on any atom is 0.328 e. The van der Waals surface area contributed by atoms with Crippen LogP contribution in [0.4, 0.5) is 0 Å². The molecule has 1 N–H and O–H groups in total. The number of cyclic esters (lactones) is 1. The lowest BCUT2D eigenvalue weighted by molar-refractivity contribution is -0.141. The second-order valence-electron chi connectivity index (χ2n) is 4.06. The zero-order valence-electron chi connectivity index (χ0n) is 9.52. The van der Waals surface area contributed by atoms with Crippen molar-refractivity contribution in [3.63, 3.8) is 0 Å². The Morgan fingerprint density at radius 2 is 2.12 bits per heavy atom. The molecule has 1 aliphatic heterocycles. The summed E-state index contributed by atoms with van der Waals surface area (Å²) in [5, 5.41) is 2.69. The average Bonchev–Trinajstić information content (AvgIpc) is 2.74. The molecule has 1 atom stereocenters. The maximum absolute atomic E-state index is 11.6. The molecule has 1 amide bonds. The Hall–Kier alpha value is -1.84. The Balaban J connectivity index is 1.76. The molecular weight excluding hydrogens is 218 g/mol. The molecule has 0 radical (unpaired) electrons. The third-order valence-electron chi connectivity index (χ3n) is 2.75. The molecule has 1 saturated heterocycles. The van der Waals surface area contributed by atoms with Crippen LogP contribution in [0.5, 0.6) is 0 Å². The van der Waals surface area contributed by atoms with Gasteiger partial charge in [-0.15, -0.1) is 0 Å². The van der Waals surface area contributed by atoms with Crippen LogP contribution in [0.2, 0.25) is 0 Å². The van der Waals surface area contributed by atoms with Gasteiger partial charge in [0, 0.05) is 12.8 Å². The van der Waals surface area contributed by atoms with Crippen LogP contribution in [0, 0.1) is 0 Å². The lowest BCUT2D eigenvalue weighted by Crippen LogP contribution is -2.37. The molecular formula is C13H15NO3. The van der Waals surface area contributed by atoms with E-state index in [0.29, 0.717) is 25.9 Å². The maximum atomic E-state index is 11.6. The quantitative estimate of drug-likeness (QED) is 0.791. The van der Waals surface area contributed by atoms with Crippen LogP contribution < -0.4 is 5.32 Å². The Labute approximate surface area is 100.0 Å². The number of amides is 1. The smallest absolute Gasteiger partial charge is 0.328 e. The molecule has 0 saturated carbocycles. The van der Waals surface area contributed by atoms with Crippen molar-refractivity contribution in [2.75, 3.05) is 6.61 Å². The predicted molar refractivity (Wildman–Crippen MR) is 62.3 cm³/mol. The average molecular weight is 233 g/mol. The van der Waals surface area contributed by atoms with Gasteiger partial charge in [-0.05, 0) is 12.0 Å². The van der Waals surface area contributed by atoms with Crippen molar-refractivity contribution in [3.8, 4) is 0 Å². The first-order chi connectivity index (χ1) is 8.25. The predicted octanol–water partition coefficient (Wildman–Crippen LogP) is 1.05. The van der Waals surface area contributed by atoms with Crippen molar-refractivity contribution < 1.29 is 14.3 Å². The van der Waals surface area contributed by atoms with Crippen LogP contribution in [0.15, 0.2) is 30.3 Å². The highest BCUT2D eigenvalue weighted by atomic mass is 16.5. The SMILES string of the molecule is O=C(CCc1ccccc1)N[C@H]1CCOC1=O. The van der Waals surface area contributed by atoms with Gasteiger partial charge in [-0.3, -0.25) is 4.79 Å². The van der Waals surface area contributed by atoms with Crippen LogP contribution in [0.3, 0.4) is 0 Å². The number of hydrogen-bond donors (Lipinski definition) is 1. The van der Waals surface area contributed by atoms with E-state index in [1.165, 1.54) is 0 Å². The highest BCUT2D eigenvalue weighted by molar-refractivity contribution is 5.85. The van der Waals surface area contributed by atoms with E-state index in [4.69, 9.17) is 4.74 Å². The largest absolute Gasteiger partial charge is 0.464 e. The lowest BCUT2D eigenvalue weighted by atomic mass is 10.1. The molecule has 4 nitrogen and oxygen atoms in total. The highest BCUT2D eigenvalue weighted by Gasteiger charge is 2.27. The zero-order valence-corrected chi connectivity index (χ0v) is 9.52. The van der Waals surface area contributed by atoms with Crippen molar-refractivity contribution in [1.29, 1.82) is 0 Å². The van der Waals surface area contributed by atoms with E-state index in [0.717, 1.165) is 5.56 Å². The first-order valence-electron chi connectivity index (χ1n) is 5.75. The van der Waals surface area contributed by atoms with E-state index in [2.05, 4.69) is 5.32 Å². The Morgan fingerprint density at radius 1 is 1.35 bits per heavy atom. The lowest BCUT2D eigenvalue weighted by Gasteiger charge is -2.08. The van der Waals surface area contributed by atoms with Crippen LogP contribution in [0.25, 0.3) is 0 Å². The molecule has 1 aromatic rings. The van der Waals surface area contributed by atoms with E-state index < -0.39 is 6.04 Å². The number of nitrogens with one attached hydrogen (secondary N) is 1. The van der Waals surface area contributed by atoms with Gasteiger partial charge in [-0.25, -0.2) is 4.79 Å². The first kappa shape index (κ1) is 11.6. The number of rotatable bonds is 4. The van der Waals surface area contributed by atoms with Gasteiger partial charge < -0.3 is 10.1 Å². The van der Waals surface area contributed by atoms with E-state index in [1.807, 2.05) is 30.3 Å². The fraction of sp³-hybridized carbons (Fsp3) is 0.385. The van der Waals surface area contributed by atoms with E-state index in [9.17, 15) is 9.59 Å². The summed E-state index contributed by atoms with van der Waals surface area (Å²) in [6, 6.07) is 9.36. The molecule has 4 heteroatoms. The molecule has 0 unspecified atom stereocenters. The van der Waals surface area contributed by atoms with Gasteiger partial charge in [0.25, 0.3) is 0 Å². The van der Waals surface area contributed by atoms with Gasteiger partial charge in [0.05, 0.1) is 6.61 Å². The second-order valence-corrected chi connectivity index (χ2v) is 4.06. The molecule has 1 aromatic carbocycles. The van der Waals surface area contributed by atoms with Crippen LogP contribution in [-0.4, -0.2) is 24.5 Å². The number of carbonyl (C=O) groups excluding carboxylic acids is 2. The summed E-state index contributed by atoms with van der Waals surface area (Å²) >= 11 is 0. The third-order valence-corrected chi connectivity index (χ3v) is 2.75. The number of aryl methyl sites for hydroxylation is 1. The Kier molecular flexibility index (Phi) is 3.75. The second kappa shape index (κ2) is 5.48. The molecule has 0 aromatic heterocycles. The standard InChI is InChI=1S/C13H15NO3/c15-12(14-11-8-9-17-13(11)16)7-6-10-4-2-1-3-5-10/h1-5,11H,6-9H2,(H,14,15)/t11-/m0/s1. The fourth-order valence-corrected chi connectivity index (χ4v) is 1.80. The van der Waals surface area contributed by atoms with E-state index in [-0.39, 0.29) is 11.9 Å². The molecule has 0 spiro atoms. The van der Waals surface area contributed by atoms with Gasteiger partial charge in [-0.2, -0.15) is 0 Å². The Bertz CT molecular complexity index is 402. The summed E-state index contributed by atoms with van der Waals surface area (Å²) in [5.41, 5.74) is 1.12. The number of carbonyl (C=O) groups is 2. The minimum atomic E-state index is -0.446.